The molecular formula is C18H18N4O. The van der Waals surface area contributed by atoms with Crippen molar-refractivity contribution in [2.24, 2.45) is 7.05 Å². The first-order chi connectivity index (χ1) is 11.1. The summed E-state index contributed by atoms with van der Waals surface area (Å²) in [6.07, 6.45) is 0. The molecule has 0 spiro atoms. The molecule has 0 unspecified atom stereocenters. The van der Waals surface area contributed by atoms with Crippen molar-refractivity contribution in [3.05, 3.63) is 66.2 Å². The van der Waals surface area contributed by atoms with E-state index in [4.69, 9.17) is 5.73 Å². The van der Waals surface area contributed by atoms with E-state index in [1.807, 2.05) is 55.6 Å². The molecule has 1 aromatic heterocycles. The van der Waals surface area contributed by atoms with Gasteiger partial charge in [-0.15, -0.1) is 0 Å². The molecule has 3 aromatic rings. The van der Waals surface area contributed by atoms with Crippen LogP contribution in [-0.2, 0) is 7.05 Å². The van der Waals surface area contributed by atoms with Crippen LogP contribution in [0, 0.1) is 0 Å². The molecule has 2 aromatic carbocycles. The number of hydrogen-bond acceptors (Lipinski definition) is 3. The van der Waals surface area contributed by atoms with Gasteiger partial charge >= 0.3 is 0 Å². The van der Waals surface area contributed by atoms with E-state index in [1.165, 1.54) is 0 Å². The van der Waals surface area contributed by atoms with Crippen LogP contribution < -0.4 is 10.6 Å². The van der Waals surface area contributed by atoms with Gasteiger partial charge in [-0.2, -0.15) is 5.10 Å². The highest BCUT2D eigenvalue weighted by Crippen LogP contribution is 2.28. The molecule has 0 aliphatic heterocycles. The van der Waals surface area contributed by atoms with Gasteiger partial charge in [0.1, 0.15) is 5.82 Å². The van der Waals surface area contributed by atoms with Crippen molar-refractivity contribution in [2.45, 2.75) is 0 Å². The lowest BCUT2D eigenvalue weighted by Gasteiger charge is -2.16. The Bertz CT molecular complexity index is 839. The summed E-state index contributed by atoms with van der Waals surface area (Å²) in [6, 6.07) is 18.6. The van der Waals surface area contributed by atoms with E-state index >= 15 is 0 Å². The van der Waals surface area contributed by atoms with Gasteiger partial charge in [0.25, 0.3) is 5.91 Å². The van der Waals surface area contributed by atoms with E-state index in [2.05, 4.69) is 5.10 Å². The van der Waals surface area contributed by atoms with Crippen molar-refractivity contribution in [1.29, 1.82) is 0 Å². The zero-order valence-electron chi connectivity index (χ0n) is 13.1. The molecule has 0 fully saturated rings. The molecule has 5 nitrogen and oxygen atoms in total. The number of nitrogens with two attached hydrogens (primary N) is 1. The first kappa shape index (κ1) is 14.8. The fourth-order valence-electron chi connectivity index (χ4n) is 2.51. The van der Waals surface area contributed by atoms with Crippen LogP contribution in [0.1, 0.15) is 10.4 Å². The molecule has 23 heavy (non-hydrogen) atoms. The summed E-state index contributed by atoms with van der Waals surface area (Å²) in [6.45, 7) is 0. The Labute approximate surface area is 135 Å². The number of carbonyl (C=O) groups is 1. The van der Waals surface area contributed by atoms with E-state index < -0.39 is 0 Å². The highest BCUT2D eigenvalue weighted by atomic mass is 16.2. The standard InChI is InChI=1S/C18H18N4O/c1-21(18(23)13-8-4-3-5-9-13)17-12-16(20-22(17)2)14-10-6-7-11-15(14)19/h3-12H,19H2,1-2H3. The van der Waals surface area contributed by atoms with Crippen molar-refractivity contribution in [3.8, 4) is 11.3 Å². The van der Waals surface area contributed by atoms with Crippen LogP contribution in [-0.4, -0.2) is 22.7 Å². The SMILES string of the molecule is CN(C(=O)c1ccccc1)c1cc(-c2ccccc2N)nn1C. The average Bonchev–Trinajstić information content (AvgIpc) is 2.96. The minimum absolute atomic E-state index is 0.0822. The van der Waals surface area contributed by atoms with Gasteiger partial charge in [-0.05, 0) is 18.2 Å². The van der Waals surface area contributed by atoms with Gasteiger partial charge < -0.3 is 5.73 Å². The summed E-state index contributed by atoms with van der Waals surface area (Å²) in [4.78, 5) is 14.2. The lowest BCUT2D eigenvalue weighted by Crippen LogP contribution is -2.28. The van der Waals surface area contributed by atoms with Crippen LogP contribution in [0.2, 0.25) is 0 Å². The minimum Gasteiger partial charge on any atom is -0.398 e. The number of nitrogens with zero attached hydrogens (tertiary/aromatic N) is 3. The number of carbonyl (C=O) groups excluding carboxylic acids is 1. The lowest BCUT2D eigenvalue weighted by atomic mass is 10.1. The third-order valence-corrected chi connectivity index (χ3v) is 3.76. The predicted octanol–water partition coefficient (Wildman–Crippen LogP) is 2.95. The Kier molecular flexibility index (Phi) is 3.85. The van der Waals surface area contributed by atoms with Gasteiger partial charge in [-0.25, -0.2) is 0 Å². The second-order valence-corrected chi connectivity index (χ2v) is 5.33. The summed E-state index contributed by atoms with van der Waals surface area (Å²) in [5.74, 6) is 0.623. The normalized spacial score (nSPS) is 10.5. The third-order valence-electron chi connectivity index (χ3n) is 3.76. The summed E-state index contributed by atoms with van der Waals surface area (Å²) in [7, 11) is 3.55. The molecule has 116 valence electrons. The first-order valence-corrected chi connectivity index (χ1v) is 7.30. The van der Waals surface area contributed by atoms with E-state index in [1.54, 1.807) is 28.8 Å². The third kappa shape index (κ3) is 2.81. The molecule has 0 aliphatic rings. The Morgan fingerprint density at radius 2 is 1.74 bits per heavy atom. The zero-order chi connectivity index (χ0) is 16.4. The number of amides is 1. The van der Waals surface area contributed by atoms with Crippen molar-refractivity contribution in [1.82, 2.24) is 9.78 Å². The monoisotopic (exact) mass is 306 g/mol. The summed E-state index contributed by atoms with van der Waals surface area (Å²) < 4.78 is 1.68. The van der Waals surface area contributed by atoms with Crippen molar-refractivity contribution in [2.75, 3.05) is 17.7 Å². The molecule has 0 aliphatic carbocycles. The molecular weight excluding hydrogens is 288 g/mol. The number of benzene rings is 2. The van der Waals surface area contributed by atoms with Gasteiger partial charge in [-0.1, -0.05) is 36.4 Å². The molecule has 3 rings (SSSR count). The van der Waals surface area contributed by atoms with Crippen LogP contribution in [0.3, 0.4) is 0 Å². The Balaban J connectivity index is 1.95. The topological polar surface area (TPSA) is 64.2 Å². The molecule has 0 saturated carbocycles. The van der Waals surface area contributed by atoms with E-state index in [9.17, 15) is 4.79 Å². The molecule has 1 heterocycles. The molecule has 0 radical (unpaired) electrons. The lowest BCUT2D eigenvalue weighted by molar-refractivity contribution is 0.0991. The number of para-hydroxylation sites is 1. The van der Waals surface area contributed by atoms with Gasteiger partial charge in [-0.3, -0.25) is 14.4 Å². The minimum atomic E-state index is -0.0822. The predicted molar refractivity (Wildman–Crippen MR) is 92.2 cm³/mol. The molecule has 0 bridgehead atoms. The van der Waals surface area contributed by atoms with Gasteiger partial charge in [0, 0.05) is 37.0 Å². The van der Waals surface area contributed by atoms with Crippen molar-refractivity contribution in [3.63, 3.8) is 0 Å². The fraction of sp³-hybridized carbons (Fsp3) is 0.111. The first-order valence-electron chi connectivity index (χ1n) is 7.30. The smallest absolute Gasteiger partial charge is 0.259 e. The average molecular weight is 306 g/mol. The molecule has 0 saturated heterocycles. The largest absolute Gasteiger partial charge is 0.398 e. The molecule has 0 atom stereocenters. The van der Waals surface area contributed by atoms with Crippen LogP contribution in [0.15, 0.2) is 60.7 Å². The Morgan fingerprint density at radius 3 is 2.43 bits per heavy atom. The molecule has 1 amide bonds. The maximum atomic E-state index is 12.6. The quantitative estimate of drug-likeness (QED) is 0.757. The Hall–Kier alpha value is -3.08. The number of rotatable bonds is 3. The van der Waals surface area contributed by atoms with Gasteiger partial charge in [0.15, 0.2) is 0 Å². The Morgan fingerprint density at radius 1 is 1.09 bits per heavy atom. The number of aromatic nitrogens is 2. The van der Waals surface area contributed by atoms with Crippen molar-refractivity contribution < 1.29 is 4.79 Å². The summed E-state index contributed by atoms with van der Waals surface area (Å²) in [5, 5.41) is 4.48. The van der Waals surface area contributed by atoms with E-state index in [0.29, 0.717) is 17.1 Å². The van der Waals surface area contributed by atoms with E-state index in [0.717, 1.165) is 11.3 Å². The molecule has 5 heteroatoms. The van der Waals surface area contributed by atoms with Crippen LogP contribution in [0.4, 0.5) is 11.5 Å². The fourth-order valence-corrected chi connectivity index (χ4v) is 2.51. The van der Waals surface area contributed by atoms with E-state index in [-0.39, 0.29) is 5.91 Å². The number of hydrogen-bond donors (Lipinski definition) is 1. The summed E-state index contributed by atoms with van der Waals surface area (Å²) >= 11 is 0. The number of anilines is 2. The number of nitrogen functional groups attached to an aromatic ring is 1. The zero-order valence-corrected chi connectivity index (χ0v) is 13.1. The number of aryl methyl sites for hydroxylation is 1. The second-order valence-electron chi connectivity index (χ2n) is 5.33. The van der Waals surface area contributed by atoms with Gasteiger partial charge in [0.2, 0.25) is 0 Å². The van der Waals surface area contributed by atoms with Crippen molar-refractivity contribution >= 4 is 17.4 Å². The molecule has 2 N–H and O–H groups in total. The van der Waals surface area contributed by atoms with Gasteiger partial charge in [0.05, 0.1) is 5.69 Å². The second kappa shape index (κ2) is 5.96. The van der Waals surface area contributed by atoms with Crippen LogP contribution in [0.5, 0.6) is 0 Å². The highest BCUT2D eigenvalue weighted by Gasteiger charge is 2.18. The van der Waals surface area contributed by atoms with Crippen LogP contribution >= 0.6 is 0 Å². The van der Waals surface area contributed by atoms with Crippen LogP contribution in [0.25, 0.3) is 11.3 Å². The highest BCUT2D eigenvalue weighted by molar-refractivity contribution is 6.05. The summed E-state index contributed by atoms with van der Waals surface area (Å²) in [5.41, 5.74) is 8.91. The maximum Gasteiger partial charge on any atom is 0.259 e. The maximum absolute atomic E-state index is 12.6.